The van der Waals surface area contributed by atoms with Crippen molar-refractivity contribution in [2.75, 3.05) is 26.2 Å². The molecule has 16 nitrogen and oxygen atoms in total. The molecule has 16 heteroatoms. The number of aliphatic hydroxyl groups is 1. The van der Waals surface area contributed by atoms with Gasteiger partial charge in [0.1, 0.15) is 36.9 Å². The molecule has 0 spiro atoms. The van der Waals surface area contributed by atoms with Crippen molar-refractivity contribution < 1.29 is 33.8 Å². The number of amides is 5. The number of rotatable bonds is 6. The Labute approximate surface area is 317 Å². The lowest BCUT2D eigenvalue weighted by molar-refractivity contribution is -0.142. The van der Waals surface area contributed by atoms with Crippen LogP contribution in [0.4, 0.5) is 0 Å². The molecule has 55 heavy (non-hydrogen) atoms. The van der Waals surface area contributed by atoms with E-state index in [2.05, 4.69) is 31.2 Å². The van der Waals surface area contributed by atoms with E-state index in [-0.39, 0.29) is 44.1 Å². The molecule has 0 aliphatic carbocycles. The van der Waals surface area contributed by atoms with Crippen LogP contribution < -0.4 is 16.0 Å². The molecule has 3 fully saturated rings. The second-order valence-corrected chi connectivity index (χ2v) is 14.9. The van der Waals surface area contributed by atoms with Crippen LogP contribution in [0, 0.1) is 5.92 Å². The molecule has 0 saturated carbocycles. The van der Waals surface area contributed by atoms with Gasteiger partial charge in [-0.3, -0.25) is 24.0 Å². The van der Waals surface area contributed by atoms with Gasteiger partial charge in [-0.05, 0) is 55.4 Å². The molecular weight excluding hydrogens is 706 g/mol. The van der Waals surface area contributed by atoms with Crippen LogP contribution in [-0.2, 0) is 30.3 Å². The number of aliphatic hydroxyl groups excluding tert-OH is 1. The third-order valence-corrected chi connectivity index (χ3v) is 10.5. The van der Waals surface area contributed by atoms with Crippen LogP contribution in [-0.4, -0.2) is 127 Å². The average molecular weight is 754 g/mol. The average Bonchev–Trinajstić information content (AvgIpc) is 3.96. The van der Waals surface area contributed by atoms with Gasteiger partial charge in [-0.15, -0.1) is 5.10 Å². The van der Waals surface area contributed by atoms with Gasteiger partial charge in [0.2, 0.25) is 23.6 Å². The lowest BCUT2D eigenvalue weighted by Crippen LogP contribution is -2.60. The summed E-state index contributed by atoms with van der Waals surface area (Å²) in [5, 5.41) is 29.3. The summed E-state index contributed by atoms with van der Waals surface area (Å²) in [6.45, 7) is 3.57. The van der Waals surface area contributed by atoms with Crippen LogP contribution in [0.5, 0.6) is 0 Å². The summed E-state index contributed by atoms with van der Waals surface area (Å²) in [5.41, 5.74) is 2.26. The minimum Gasteiger partial charge on any atom is -0.388 e. The molecule has 5 amide bonds. The number of para-hydroxylation sites is 2. The normalized spacial score (nSPS) is 25.7. The highest BCUT2D eigenvalue weighted by atomic mass is 16.5. The van der Waals surface area contributed by atoms with Crippen LogP contribution >= 0.6 is 0 Å². The number of nitrogens with one attached hydrogen (secondary N) is 4. The van der Waals surface area contributed by atoms with E-state index in [0.29, 0.717) is 24.9 Å². The number of carbonyl (C=O) groups excluding carboxylic acids is 5. The second-order valence-electron chi connectivity index (χ2n) is 14.9. The van der Waals surface area contributed by atoms with Crippen molar-refractivity contribution in [2.24, 2.45) is 5.92 Å². The molecule has 2 bridgehead atoms. The van der Waals surface area contributed by atoms with Crippen LogP contribution in [0.15, 0.2) is 67.0 Å². The number of H-pyrrole nitrogens is 1. The number of hydrogen-bond donors (Lipinski definition) is 5. The van der Waals surface area contributed by atoms with Crippen LogP contribution in [0.1, 0.15) is 55.6 Å². The first kappa shape index (κ1) is 37.7. The molecule has 0 unspecified atom stereocenters. The Balaban J connectivity index is 1.24. The molecule has 5 heterocycles. The number of aromatic nitrogens is 4. The SMILES string of the molecule is CC(C)C[C@H]1NC(=O)[C@H]2CCCN2C(=O)[C@@H](Cc2c[nH]c3ccccc23)NC(=O)CN(C(=O)c2cn(-c3ccccc3)nn2)C[C@H]2OCC[C@H](NC1=O)[C@@H]2O. The molecule has 6 atom stereocenters. The van der Waals surface area contributed by atoms with Crippen LogP contribution in [0.2, 0.25) is 0 Å². The summed E-state index contributed by atoms with van der Waals surface area (Å²) in [6, 6.07) is 13.0. The number of nitrogens with zero attached hydrogens (tertiary/aromatic N) is 5. The van der Waals surface area contributed by atoms with Crippen molar-refractivity contribution in [3.05, 3.63) is 78.2 Å². The zero-order valence-electron chi connectivity index (χ0n) is 30.9. The monoisotopic (exact) mass is 753 g/mol. The predicted molar refractivity (Wildman–Crippen MR) is 200 cm³/mol. The van der Waals surface area contributed by atoms with Gasteiger partial charge in [0, 0.05) is 36.7 Å². The fraction of sp³-hybridized carbons (Fsp3) is 0.462. The number of fused-ring (bicyclic) bond motifs is 4. The molecular formula is C39H47N9O7. The Morgan fingerprint density at radius 3 is 2.55 bits per heavy atom. The quantitative estimate of drug-likeness (QED) is 0.191. The molecule has 3 aliphatic heterocycles. The number of hydrogen-bond acceptors (Lipinski definition) is 9. The topological polar surface area (TPSA) is 204 Å². The predicted octanol–water partition coefficient (Wildman–Crippen LogP) is 1.09. The van der Waals surface area contributed by atoms with Gasteiger partial charge in [0.05, 0.1) is 24.5 Å². The van der Waals surface area contributed by atoms with Crippen molar-refractivity contribution in [2.45, 2.75) is 82.3 Å². The van der Waals surface area contributed by atoms with Crippen molar-refractivity contribution in [3.63, 3.8) is 0 Å². The van der Waals surface area contributed by atoms with Crippen molar-refractivity contribution in [1.29, 1.82) is 0 Å². The number of ether oxygens (including phenoxy) is 1. The summed E-state index contributed by atoms with van der Waals surface area (Å²) in [5.74, 6) is -2.63. The molecule has 2 aromatic carbocycles. The van der Waals surface area contributed by atoms with Gasteiger partial charge in [-0.2, -0.15) is 0 Å². The number of carbonyl (C=O) groups is 5. The van der Waals surface area contributed by atoms with Crippen LogP contribution in [0.3, 0.4) is 0 Å². The molecule has 7 rings (SSSR count). The third kappa shape index (κ3) is 8.39. The van der Waals surface area contributed by atoms with Gasteiger partial charge in [0.15, 0.2) is 5.69 Å². The zero-order valence-corrected chi connectivity index (χ0v) is 30.9. The van der Waals surface area contributed by atoms with Gasteiger partial charge in [-0.1, -0.05) is 55.5 Å². The van der Waals surface area contributed by atoms with E-state index >= 15 is 0 Å². The minimum atomic E-state index is -1.26. The highest BCUT2D eigenvalue weighted by Gasteiger charge is 2.42. The lowest BCUT2D eigenvalue weighted by atomic mass is 9.97. The fourth-order valence-corrected chi connectivity index (χ4v) is 7.75. The molecule has 3 saturated heterocycles. The summed E-state index contributed by atoms with van der Waals surface area (Å²) in [4.78, 5) is 76.4. The second kappa shape index (κ2) is 16.4. The molecule has 3 aliphatic rings. The van der Waals surface area contributed by atoms with Crippen molar-refractivity contribution in [3.8, 4) is 5.69 Å². The Morgan fingerprint density at radius 1 is 0.964 bits per heavy atom. The number of aromatic amines is 1. The summed E-state index contributed by atoms with van der Waals surface area (Å²) in [6.07, 6.45) is 2.64. The van der Waals surface area contributed by atoms with E-state index in [1.165, 1.54) is 20.7 Å². The van der Waals surface area contributed by atoms with E-state index in [0.717, 1.165) is 16.5 Å². The van der Waals surface area contributed by atoms with E-state index in [9.17, 15) is 29.1 Å². The van der Waals surface area contributed by atoms with Gasteiger partial charge < -0.3 is 40.6 Å². The van der Waals surface area contributed by atoms with E-state index in [1.54, 1.807) is 18.3 Å². The van der Waals surface area contributed by atoms with Crippen LogP contribution in [0.25, 0.3) is 16.6 Å². The van der Waals surface area contributed by atoms with Crippen molar-refractivity contribution >= 4 is 40.4 Å². The number of benzene rings is 2. The smallest absolute Gasteiger partial charge is 0.276 e. The molecule has 0 radical (unpaired) electrons. The molecule has 5 N–H and O–H groups in total. The first-order chi connectivity index (χ1) is 26.5. The fourth-order valence-electron chi connectivity index (χ4n) is 7.75. The van der Waals surface area contributed by atoms with E-state index in [1.807, 2.05) is 56.3 Å². The minimum absolute atomic E-state index is 0.0361. The van der Waals surface area contributed by atoms with Gasteiger partial charge in [-0.25, -0.2) is 4.68 Å². The van der Waals surface area contributed by atoms with E-state index in [4.69, 9.17) is 4.74 Å². The lowest BCUT2D eigenvalue weighted by Gasteiger charge is -2.38. The highest BCUT2D eigenvalue weighted by Crippen LogP contribution is 2.24. The first-order valence-electron chi connectivity index (χ1n) is 18.9. The molecule has 290 valence electrons. The summed E-state index contributed by atoms with van der Waals surface area (Å²) < 4.78 is 7.39. The largest absolute Gasteiger partial charge is 0.388 e. The summed E-state index contributed by atoms with van der Waals surface area (Å²) in [7, 11) is 0. The Hall–Kier alpha value is -5.61. The molecule has 4 aromatic rings. The Kier molecular flexibility index (Phi) is 11.2. The maximum atomic E-state index is 14.5. The highest BCUT2D eigenvalue weighted by molar-refractivity contribution is 5.97. The zero-order chi connectivity index (χ0) is 38.6. The standard InChI is InChI=1S/C39H47N9O7/c1-23(2)17-29-36(51)42-28-14-16-55-33(35(28)50)21-46(38(53)31-20-48(45-44-31)25-9-4-3-5-10-25)22-34(49)41-30(18-24-19-40-27-12-7-6-11-26(24)27)39(54)47-15-8-13-32(47)37(52)43-29/h3-7,9-12,19-20,23,28-30,32-33,35,40,50H,8,13-18,21-22H2,1-2H3,(H,41,49)(H,42,51)(H,43,52)/t28-,29+,30+,32+,33+,35-/m0/s1. The maximum Gasteiger partial charge on any atom is 0.276 e. The van der Waals surface area contributed by atoms with Gasteiger partial charge >= 0.3 is 0 Å². The Bertz CT molecular complexity index is 2030. The molecule has 2 aromatic heterocycles. The first-order valence-corrected chi connectivity index (χ1v) is 18.9. The summed E-state index contributed by atoms with van der Waals surface area (Å²) >= 11 is 0. The maximum absolute atomic E-state index is 14.5. The third-order valence-electron chi connectivity index (χ3n) is 10.5. The van der Waals surface area contributed by atoms with Gasteiger partial charge in [0.25, 0.3) is 5.91 Å². The Morgan fingerprint density at radius 2 is 1.75 bits per heavy atom. The van der Waals surface area contributed by atoms with E-state index < -0.39 is 72.5 Å². The van der Waals surface area contributed by atoms with Crippen molar-refractivity contribution in [1.82, 2.24) is 45.7 Å².